The second-order valence-electron chi connectivity index (χ2n) is 6.51. The molecule has 0 saturated carbocycles. The molecule has 1 unspecified atom stereocenters. The fraction of sp³-hybridized carbons (Fsp3) is 0.200. The van der Waals surface area contributed by atoms with E-state index in [0.717, 1.165) is 5.56 Å². The molecular formula is C20H21ClN6O2S. The Bertz CT molecular complexity index is 1050. The summed E-state index contributed by atoms with van der Waals surface area (Å²) < 4.78 is 1.59. The van der Waals surface area contributed by atoms with Crippen LogP contribution in [0.3, 0.4) is 0 Å². The number of benzene rings is 2. The van der Waals surface area contributed by atoms with Crippen LogP contribution >= 0.6 is 23.4 Å². The number of nitrogens with one attached hydrogen (secondary N) is 2. The van der Waals surface area contributed by atoms with Crippen molar-refractivity contribution in [3.8, 4) is 0 Å². The van der Waals surface area contributed by atoms with Gasteiger partial charge >= 0.3 is 0 Å². The molecule has 0 radical (unpaired) electrons. The maximum Gasteiger partial charge on any atom is 0.247 e. The van der Waals surface area contributed by atoms with Crippen LogP contribution in [0.4, 0.5) is 17.3 Å². The van der Waals surface area contributed by atoms with E-state index < -0.39 is 6.04 Å². The highest BCUT2D eigenvalue weighted by molar-refractivity contribution is 7.98. The van der Waals surface area contributed by atoms with Crippen LogP contribution in [0.5, 0.6) is 0 Å². The number of carbonyl (C=O) groups excluding carboxylic acids is 2. The van der Waals surface area contributed by atoms with Crippen molar-refractivity contribution in [2.24, 2.45) is 0 Å². The first kappa shape index (κ1) is 21.7. The van der Waals surface area contributed by atoms with E-state index in [2.05, 4.69) is 20.8 Å². The summed E-state index contributed by atoms with van der Waals surface area (Å²) in [6.45, 7) is 3.16. The predicted molar refractivity (Wildman–Crippen MR) is 120 cm³/mol. The number of halogens is 1. The molecule has 156 valence electrons. The molecule has 0 aliphatic rings. The van der Waals surface area contributed by atoms with Gasteiger partial charge in [-0.1, -0.05) is 41.6 Å². The molecule has 0 fully saturated rings. The number of amides is 2. The van der Waals surface area contributed by atoms with Crippen molar-refractivity contribution in [1.29, 1.82) is 0 Å². The molecule has 0 spiro atoms. The quantitative estimate of drug-likeness (QED) is 0.475. The highest BCUT2D eigenvalue weighted by Crippen LogP contribution is 2.29. The molecule has 4 N–H and O–H groups in total. The summed E-state index contributed by atoms with van der Waals surface area (Å²) in [4.78, 5) is 23.9. The first-order valence-corrected chi connectivity index (χ1v) is 10.5. The number of rotatable bonds is 7. The molecule has 1 heterocycles. The monoisotopic (exact) mass is 444 g/mol. The molecule has 0 saturated heterocycles. The number of aromatic nitrogens is 3. The fourth-order valence-electron chi connectivity index (χ4n) is 2.71. The lowest BCUT2D eigenvalue weighted by molar-refractivity contribution is -0.119. The van der Waals surface area contributed by atoms with Gasteiger partial charge in [0.2, 0.25) is 17.8 Å². The van der Waals surface area contributed by atoms with E-state index in [0.29, 0.717) is 27.3 Å². The molecule has 1 atom stereocenters. The van der Waals surface area contributed by atoms with Gasteiger partial charge in [0.05, 0.1) is 0 Å². The van der Waals surface area contributed by atoms with E-state index in [1.807, 2.05) is 24.3 Å². The van der Waals surface area contributed by atoms with Crippen LogP contribution in [0, 0.1) is 0 Å². The summed E-state index contributed by atoms with van der Waals surface area (Å²) in [6, 6.07) is 13.7. The number of nitrogens with two attached hydrogens (primary N) is 1. The lowest BCUT2D eigenvalue weighted by atomic mass is 10.2. The Kier molecular flexibility index (Phi) is 6.96. The van der Waals surface area contributed by atoms with Gasteiger partial charge in [-0.25, -0.2) is 0 Å². The van der Waals surface area contributed by atoms with E-state index in [4.69, 9.17) is 17.3 Å². The zero-order chi connectivity index (χ0) is 21.7. The molecule has 3 aromatic rings. The number of hydrogen-bond donors (Lipinski definition) is 3. The molecule has 2 amide bonds. The topological polar surface area (TPSA) is 115 Å². The normalized spacial score (nSPS) is 11.7. The van der Waals surface area contributed by atoms with Crippen molar-refractivity contribution in [1.82, 2.24) is 14.8 Å². The Morgan fingerprint density at radius 3 is 2.37 bits per heavy atom. The zero-order valence-electron chi connectivity index (χ0n) is 16.4. The van der Waals surface area contributed by atoms with E-state index >= 15 is 0 Å². The maximum absolute atomic E-state index is 12.8. The van der Waals surface area contributed by atoms with Crippen molar-refractivity contribution < 1.29 is 9.59 Å². The van der Waals surface area contributed by atoms with Crippen molar-refractivity contribution in [3.63, 3.8) is 0 Å². The molecular weight excluding hydrogens is 424 g/mol. The molecule has 0 aliphatic heterocycles. The van der Waals surface area contributed by atoms with E-state index in [1.165, 1.54) is 18.7 Å². The Morgan fingerprint density at radius 2 is 1.73 bits per heavy atom. The summed E-state index contributed by atoms with van der Waals surface area (Å²) in [5.41, 5.74) is 8.16. The van der Waals surface area contributed by atoms with Gasteiger partial charge in [0.15, 0.2) is 5.16 Å². The van der Waals surface area contributed by atoms with Gasteiger partial charge in [-0.3, -0.25) is 14.2 Å². The maximum atomic E-state index is 12.8. The van der Waals surface area contributed by atoms with Crippen molar-refractivity contribution in [2.75, 3.05) is 16.4 Å². The van der Waals surface area contributed by atoms with Gasteiger partial charge in [-0.15, -0.1) is 10.2 Å². The van der Waals surface area contributed by atoms with Gasteiger partial charge in [0.1, 0.15) is 6.04 Å². The average Bonchev–Trinajstić information content (AvgIpc) is 3.08. The SMILES string of the molecule is CC(=O)Nc1ccc(NC(=O)C(C)n2c(N)nnc2SCc2ccccc2Cl)cc1. The molecule has 30 heavy (non-hydrogen) atoms. The number of thioether (sulfide) groups is 1. The third-order valence-electron chi connectivity index (χ3n) is 4.25. The minimum atomic E-state index is -0.635. The number of nitrogens with zero attached hydrogens (tertiary/aromatic N) is 3. The fourth-order valence-corrected chi connectivity index (χ4v) is 4.02. The van der Waals surface area contributed by atoms with Crippen LogP contribution in [-0.4, -0.2) is 26.6 Å². The van der Waals surface area contributed by atoms with Gasteiger partial charge in [-0.2, -0.15) is 0 Å². The second kappa shape index (κ2) is 9.64. The van der Waals surface area contributed by atoms with Gasteiger partial charge in [-0.05, 0) is 42.8 Å². The number of hydrogen-bond acceptors (Lipinski definition) is 6. The van der Waals surface area contributed by atoms with Gasteiger partial charge < -0.3 is 16.4 Å². The van der Waals surface area contributed by atoms with Gasteiger partial charge in [0, 0.05) is 29.1 Å². The minimum Gasteiger partial charge on any atom is -0.368 e. The van der Waals surface area contributed by atoms with E-state index in [-0.39, 0.29) is 17.8 Å². The van der Waals surface area contributed by atoms with Crippen LogP contribution in [-0.2, 0) is 15.3 Å². The summed E-state index contributed by atoms with van der Waals surface area (Å²) in [5, 5.41) is 14.7. The Labute approximate surface area is 183 Å². The Balaban J connectivity index is 1.69. The van der Waals surface area contributed by atoms with Crippen molar-refractivity contribution in [3.05, 3.63) is 59.1 Å². The number of nitrogen functional groups attached to an aromatic ring is 1. The van der Waals surface area contributed by atoms with Crippen LogP contribution in [0.15, 0.2) is 53.7 Å². The number of anilines is 3. The van der Waals surface area contributed by atoms with Crippen LogP contribution in [0.2, 0.25) is 5.02 Å². The smallest absolute Gasteiger partial charge is 0.247 e. The average molecular weight is 445 g/mol. The lowest BCUT2D eigenvalue weighted by Gasteiger charge is -2.16. The standard InChI is InChI=1S/C20H21ClN6O2S/c1-12(18(29)24-16-9-7-15(8-10-16)23-13(2)28)27-19(22)25-26-20(27)30-11-14-5-3-4-6-17(14)21/h3-10,12H,11H2,1-2H3,(H2,22,25)(H,23,28)(H,24,29). The highest BCUT2D eigenvalue weighted by atomic mass is 35.5. The van der Waals surface area contributed by atoms with E-state index in [1.54, 1.807) is 35.8 Å². The largest absolute Gasteiger partial charge is 0.368 e. The van der Waals surface area contributed by atoms with Crippen molar-refractivity contribution in [2.45, 2.75) is 30.8 Å². The Morgan fingerprint density at radius 1 is 1.10 bits per heavy atom. The summed E-state index contributed by atoms with van der Waals surface area (Å²) in [5.74, 6) is 0.288. The van der Waals surface area contributed by atoms with Crippen LogP contribution < -0.4 is 16.4 Å². The summed E-state index contributed by atoms with van der Waals surface area (Å²) in [6.07, 6.45) is 0. The minimum absolute atomic E-state index is 0.153. The van der Waals surface area contributed by atoms with Crippen molar-refractivity contribution >= 4 is 52.5 Å². The lowest BCUT2D eigenvalue weighted by Crippen LogP contribution is -2.25. The highest BCUT2D eigenvalue weighted by Gasteiger charge is 2.22. The summed E-state index contributed by atoms with van der Waals surface area (Å²) >= 11 is 7.61. The Hall–Kier alpha value is -3.04. The predicted octanol–water partition coefficient (Wildman–Crippen LogP) is 3.96. The molecule has 1 aromatic heterocycles. The van der Waals surface area contributed by atoms with Crippen LogP contribution in [0.1, 0.15) is 25.5 Å². The first-order valence-electron chi connectivity index (χ1n) is 9.10. The molecule has 8 nitrogen and oxygen atoms in total. The molecule has 3 rings (SSSR count). The van der Waals surface area contributed by atoms with Gasteiger partial charge in [0.25, 0.3) is 0 Å². The molecule has 2 aromatic carbocycles. The molecule has 0 aliphatic carbocycles. The van der Waals surface area contributed by atoms with E-state index in [9.17, 15) is 9.59 Å². The first-order chi connectivity index (χ1) is 14.3. The molecule has 10 heteroatoms. The zero-order valence-corrected chi connectivity index (χ0v) is 18.0. The third-order valence-corrected chi connectivity index (χ3v) is 5.61. The second-order valence-corrected chi connectivity index (χ2v) is 7.86. The third kappa shape index (κ3) is 5.31. The number of carbonyl (C=O) groups is 2. The summed E-state index contributed by atoms with van der Waals surface area (Å²) in [7, 11) is 0. The molecule has 0 bridgehead atoms. The van der Waals surface area contributed by atoms with Crippen LogP contribution in [0.25, 0.3) is 0 Å².